The largest absolute Gasteiger partial charge is 0.331 e. The molecular formula is C27H20N8O2S. The van der Waals surface area contributed by atoms with Crippen LogP contribution in [0.5, 0.6) is 0 Å². The Bertz CT molecular complexity index is 1580. The topological polar surface area (TPSA) is 131 Å². The van der Waals surface area contributed by atoms with Gasteiger partial charge >= 0.3 is 0 Å². The van der Waals surface area contributed by atoms with Crippen LogP contribution in [0.2, 0.25) is 0 Å². The first-order valence-electron chi connectivity index (χ1n) is 11.5. The molecule has 10 nitrogen and oxygen atoms in total. The van der Waals surface area contributed by atoms with Crippen molar-refractivity contribution in [2.45, 2.75) is 0 Å². The van der Waals surface area contributed by atoms with Crippen LogP contribution in [-0.4, -0.2) is 30.2 Å². The van der Waals surface area contributed by atoms with Crippen molar-refractivity contribution in [1.82, 2.24) is 20.2 Å². The van der Waals surface area contributed by atoms with E-state index in [2.05, 4.69) is 36.1 Å². The van der Waals surface area contributed by atoms with Crippen molar-refractivity contribution in [3.63, 3.8) is 0 Å². The molecule has 0 aliphatic rings. The van der Waals surface area contributed by atoms with Gasteiger partial charge in [0.15, 0.2) is 10.9 Å². The van der Waals surface area contributed by atoms with Crippen LogP contribution in [0.25, 0.3) is 22.5 Å². The van der Waals surface area contributed by atoms with Gasteiger partial charge in [0.1, 0.15) is 0 Å². The molecule has 2 aromatic heterocycles. The number of rotatable bonds is 7. The lowest BCUT2D eigenvalue weighted by atomic mass is 10.1. The summed E-state index contributed by atoms with van der Waals surface area (Å²) in [7, 11) is 0. The van der Waals surface area contributed by atoms with Crippen LogP contribution in [-0.2, 0) is 0 Å². The van der Waals surface area contributed by atoms with Gasteiger partial charge < -0.3 is 16.0 Å². The summed E-state index contributed by atoms with van der Waals surface area (Å²) in [6.07, 6.45) is 1.62. The van der Waals surface area contributed by atoms with Crippen LogP contribution in [0.15, 0.2) is 103 Å². The van der Waals surface area contributed by atoms with Gasteiger partial charge in [-0.15, -0.1) is 10.2 Å². The van der Waals surface area contributed by atoms with Gasteiger partial charge in [-0.1, -0.05) is 42.5 Å². The number of anilines is 4. The van der Waals surface area contributed by atoms with Crippen molar-refractivity contribution in [3.8, 4) is 22.5 Å². The maximum atomic E-state index is 10.9. The molecule has 0 saturated carbocycles. The number of benzene rings is 3. The maximum absolute atomic E-state index is 10.9. The highest BCUT2D eigenvalue weighted by Gasteiger charge is 2.10. The van der Waals surface area contributed by atoms with Gasteiger partial charge in [0.25, 0.3) is 5.69 Å². The number of hydrogen-bond acceptors (Lipinski definition) is 8. The molecule has 0 aliphatic carbocycles. The molecule has 38 heavy (non-hydrogen) atoms. The summed E-state index contributed by atoms with van der Waals surface area (Å²) >= 11 is 5.49. The zero-order chi connectivity index (χ0) is 26.3. The van der Waals surface area contributed by atoms with Crippen LogP contribution in [0.1, 0.15) is 0 Å². The Morgan fingerprint density at radius 1 is 0.737 bits per heavy atom. The molecule has 0 saturated heterocycles. The minimum Gasteiger partial charge on any atom is -0.331 e. The van der Waals surface area contributed by atoms with E-state index >= 15 is 0 Å². The number of nitrogens with one attached hydrogen (secondary N) is 3. The second-order valence-corrected chi connectivity index (χ2v) is 8.40. The normalized spacial score (nSPS) is 10.4. The molecule has 3 aromatic carbocycles. The molecule has 3 N–H and O–H groups in total. The summed E-state index contributed by atoms with van der Waals surface area (Å²) in [6.45, 7) is 0. The molecular weight excluding hydrogens is 500 g/mol. The zero-order valence-corrected chi connectivity index (χ0v) is 20.6. The van der Waals surface area contributed by atoms with Crippen LogP contribution < -0.4 is 16.0 Å². The smallest absolute Gasteiger partial charge is 0.269 e. The fourth-order valence-corrected chi connectivity index (χ4v) is 3.80. The molecule has 2 heterocycles. The van der Waals surface area contributed by atoms with Crippen LogP contribution >= 0.6 is 12.2 Å². The first-order chi connectivity index (χ1) is 18.5. The molecule has 0 atom stereocenters. The Labute approximate surface area is 223 Å². The van der Waals surface area contributed by atoms with E-state index < -0.39 is 4.92 Å². The van der Waals surface area contributed by atoms with Crippen molar-refractivity contribution in [3.05, 3.63) is 113 Å². The van der Waals surface area contributed by atoms with Gasteiger partial charge in [-0.25, -0.2) is 9.97 Å². The van der Waals surface area contributed by atoms with Gasteiger partial charge in [-0.3, -0.25) is 10.1 Å². The second-order valence-electron chi connectivity index (χ2n) is 7.99. The van der Waals surface area contributed by atoms with Gasteiger partial charge in [0.05, 0.1) is 27.7 Å². The molecule has 0 spiro atoms. The molecule has 5 aromatic rings. The molecule has 11 heteroatoms. The fourth-order valence-electron chi connectivity index (χ4n) is 3.59. The number of para-hydroxylation sites is 2. The minimum atomic E-state index is -0.438. The van der Waals surface area contributed by atoms with Gasteiger partial charge in [-0.05, 0) is 54.7 Å². The number of aromatic nitrogens is 4. The van der Waals surface area contributed by atoms with E-state index in [1.165, 1.54) is 12.1 Å². The Kier molecular flexibility index (Phi) is 7.18. The Balaban J connectivity index is 1.27. The number of hydrogen-bond donors (Lipinski definition) is 3. The standard InChI is InChI=1S/C27H20N8O2S/c36-35(37)20-12-10-19(11-13-20)21-16-17-28-26(29-21)30-23-8-4-5-9-24(23)31-27(38)32-25-15-14-22(33-34-25)18-6-2-1-3-7-18/h1-17H,(H,28,29,30)(H2,31,32,34,38). The predicted molar refractivity (Wildman–Crippen MR) is 151 cm³/mol. The highest BCUT2D eigenvalue weighted by Crippen LogP contribution is 2.26. The van der Waals surface area contributed by atoms with E-state index in [1.54, 1.807) is 24.4 Å². The first kappa shape index (κ1) is 24.4. The minimum absolute atomic E-state index is 0.0175. The average Bonchev–Trinajstić information content (AvgIpc) is 2.95. The van der Waals surface area contributed by atoms with Crippen molar-refractivity contribution >= 4 is 46.2 Å². The molecule has 186 valence electrons. The van der Waals surface area contributed by atoms with E-state index in [9.17, 15) is 10.1 Å². The predicted octanol–water partition coefficient (Wildman–Crippen LogP) is 6.06. The Morgan fingerprint density at radius 2 is 1.45 bits per heavy atom. The monoisotopic (exact) mass is 520 g/mol. The Hall–Kier alpha value is -5.29. The molecule has 0 unspecified atom stereocenters. The van der Waals surface area contributed by atoms with Gasteiger partial charge in [-0.2, -0.15) is 0 Å². The Morgan fingerprint density at radius 3 is 2.16 bits per heavy atom. The molecule has 0 amide bonds. The number of nitro benzene ring substituents is 1. The molecule has 0 fully saturated rings. The molecule has 0 radical (unpaired) electrons. The third-order valence-corrected chi connectivity index (χ3v) is 5.63. The molecule has 0 bridgehead atoms. The van der Waals surface area contributed by atoms with Gasteiger partial charge in [0.2, 0.25) is 5.95 Å². The number of non-ortho nitro benzene ring substituents is 1. The average molecular weight is 521 g/mol. The summed E-state index contributed by atoms with van der Waals surface area (Å²) in [4.78, 5) is 19.3. The fraction of sp³-hybridized carbons (Fsp3) is 0. The lowest BCUT2D eigenvalue weighted by molar-refractivity contribution is -0.384. The third-order valence-electron chi connectivity index (χ3n) is 5.43. The molecule has 0 aliphatic heterocycles. The van der Waals surface area contributed by atoms with Crippen LogP contribution in [0.3, 0.4) is 0 Å². The summed E-state index contributed by atoms with van der Waals surface area (Å²) in [5.41, 5.74) is 4.51. The zero-order valence-electron chi connectivity index (χ0n) is 19.8. The van der Waals surface area contributed by atoms with Crippen molar-refractivity contribution in [2.24, 2.45) is 0 Å². The van der Waals surface area contributed by atoms with E-state index in [0.29, 0.717) is 33.9 Å². The first-order valence-corrected chi connectivity index (χ1v) is 11.9. The quantitative estimate of drug-likeness (QED) is 0.132. The lowest BCUT2D eigenvalue weighted by Gasteiger charge is -2.14. The number of thiocarbonyl (C=S) groups is 1. The molecule has 5 rings (SSSR count). The van der Waals surface area contributed by atoms with Crippen LogP contribution in [0.4, 0.5) is 28.8 Å². The van der Waals surface area contributed by atoms with Gasteiger partial charge in [0, 0.05) is 29.5 Å². The summed E-state index contributed by atoms with van der Waals surface area (Å²) < 4.78 is 0. The van der Waals surface area contributed by atoms with Crippen molar-refractivity contribution in [1.29, 1.82) is 0 Å². The summed E-state index contributed by atoms with van der Waals surface area (Å²) in [5.74, 6) is 0.864. The van der Waals surface area contributed by atoms with E-state index in [4.69, 9.17) is 12.2 Å². The highest BCUT2D eigenvalue weighted by atomic mass is 32.1. The summed E-state index contributed by atoms with van der Waals surface area (Å²) in [5, 5.41) is 29.1. The third kappa shape index (κ3) is 5.91. The van der Waals surface area contributed by atoms with E-state index in [1.807, 2.05) is 66.7 Å². The second kappa shape index (κ2) is 11.2. The van der Waals surface area contributed by atoms with E-state index in [0.717, 1.165) is 16.8 Å². The van der Waals surface area contributed by atoms with Crippen molar-refractivity contribution < 1.29 is 4.92 Å². The maximum Gasteiger partial charge on any atom is 0.269 e. The van der Waals surface area contributed by atoms with E-state index in [-0.39, 0.29) is 5.69 Å². The highest BCUT2D eigenvalue weighted by molar-refractivity contribution is 7.80. The van der Waals surface area contributed by atoms with Crippen molar-refractivity contribution in [2.75, 3.05) is 16.0 Å². The number of nitro groups is 1. The lowest BCUT2D eigenvalue weighted by Crippen LogP contribution is -2.20. The number of nitrogens with zero attached hydrogens (tertiary/aromatic N) is 5. The van der Waals surface area contributed by atoms with Crippen LogP contribution in [0, 0.1) is 10.1 Å². The summed E-state index contributed by atoms with van der Waals surface area (Å²) in [6, 6.07) is 28.9. The SMILES string of the molecule is O=[N+]([O-])c1ccc(-c2ccnc(Nc3ccccc3NC(=S)Nc3ccc(-c4ccccc4)nn3)n2)cc1.